The lowest BCUT2D eigenvalue weighted by molar-refractivity contribution is 1.08. The van der Waals surface area contributed by atoms with Crippen molar-refractivity contribution in [2.45, 2.75) is 0 Å². The minimum atomic E-state index is 0.673. The predicted octanol–water partition coefficient (Wildman–Crippen LogP) is 11.4. The van der Waals surface area contributed by atoms with Crippen molar-refractivity contribution in [3.05, 3.63) is 158 Å². The molecule has 4 aromatic heterocycles. The molecule has 0 saturated heterocycles. The monoisotopic (exact) mass is 638 g/mol. The Labute approximate surface area is 279 Å². The summed E-state index contributed by atoms with van der Waals surface area (Å²) in [6.07, 6.45) is 0. The van der Waals surface area contributed by atoms with Gasteiger partial charge in [0.1, 0.15) is 0 Å². The van der Waals surface area contributed by atoms with Crippen LogP contribution in [0.1, 0.15) is 0 Å². The number of hydrogen-bond donors (Lipinski definition) is 0. The largest absolute Gasteiger partial charge is 0.309 e. The van der Waals surface area contributed by atoms with E-state index in [4.69, 9.17) is 15.0 Å². The molecule has 0 bridgehead atoms. The van der Waals surface area contributed by atoms with Gasteiger partial charge in [-0.05, 0) is 60.2 Å². The summed E-state index contributed by atoms with van der Waals surface area (Å²) in [5, 5.41) is 2.52. The van der Waals surface area contributed by atoms with E-state index in [9.17, 15) is 0 Å². The highest BCUT2D eigenvalue weighted by molar-refractivity contribution is 7.25. The first-order valence-electron chi connectivity index (χ1n) is 15.4. The van der Waals surface area contributed by atoms with Crippen molar-refractivity contribution in [2.24, 2.45) is 0 Å². The molecular weight excluding hydrogens is 613 g/mol. The topological polar surface area (TPSA) is 43.6 Å². The van der Waals surface area contributed by atoms with E-state index >= 15 is 0 Å². The number of hydrogen-bond acceptors (Lipinski definition) is 5. The van der Waals surface area contributed by atoms with E-state index in [-0.39, 0.29) is 0 Å². The summed E-state index contributed by atoms with van der Waals surface area (Å²) in [7, 11) is 0. The van der Waals surface area contributed by atoms with Gasteiger partial charge in [0.25, 0.3) is 0 Å². The molecule has 0 unspecified atom stereocenters. The number of thiophene rings is 2. The van der Waals surface area contributed by atoms with Crippen LogP contribution in [0.2, 0.25) is 0 Å². The van der Waals surface area contributed by atoms with Crippen LogP contribution in [0.25, 0.3) is 81.2 Å². The average Bonchev–Trinajstić information content (AvgIpc) is 3.91. The number of nitrogens with zero attached hydrogens (tertiary/aromatic N) is 4. The van der Waals surface area contributed by atoms with Crippen LogP contribution in [0.15, 0.2) is 158 Å². The van der Waals surface area contributed by atoms with Crippen molar-refractivity contribution in [3.63, 3.8) is 0 Å². The molecule has 4 heterocycles. The maximum atomic E-state index is 4.93. The molecule has 0 fully saturated rings. The van der Waals surface area contributed by atoms with Gasteiger partial charge < -0.3 is 4.57 Å². The predicted molar refractivity (Wildman–Crippen MR) is 197 cm³/mol. The average molecular weight is 639 g/mol. The number of aromatic nitrogens is 4. The van der Waals surface area contributed by atoms with Gasteiger partial charge in [0, 0.05) is 42.2 Å². The fraction of sp³-hybridized carbons (Fsp3) is 0. The van der Waals surface area contributed by atoms with Crippen LogP contribution < -0.4 is 0 Å². The third kappa shape index (κ3) is 5.04. The highest BCUT2D eigenvalue weighted by atomic mass is 32.1. The summed E-state index contributed by atoms with van der Waals surface area (Å²) < 4.78 is 2.36. The fourth-order valence-corrected chi connectivity index (χ4v) is 8.15. The Morgan fingerprint density at radius 3 is 1.55 bits per heavy atom. The van der Waals surface area contributed by atoms with Crippen LogP contribution in [0.4, 0.5) is 0 Å². The maximum Gasteiger partial charge on any atom is 0.174 e. The molecule has 4 nitrogen and oxygen atoms in total. The van der Waals surface area contributed by atoms with E-state index in [1.165, 1.54) is 47.7 Å². The Bertz CT molecular complexity index is 2450. The summed E-state index contributed by atoms with van der Waals surface area (Å²) in [4.78, 5) is 19.4. The number of fused-ring (bicyclic) bond motifs is 3. The van der Waals surface area contributed by atoms with E-state index in [0.29, 0.717) is 17.5 Å². The van der Waals surface area contributed by atoms with E-state index in [0.717, 1.165) is 16.0 Å². The molecule has 0 aliphatic carbocycles. The molecular formula is C41H26N4S2. The molecule has 0 saturated carbocycles. The van der Waals surface area contributed by atoms with Gasteiger partial charge in [-0.15, -0.1) is 22.7 Å². The third-order valence-corrected chi connectivity index (χ3v) is 10.8. The summed E-state index contributed by atoms with van der Waals surface area (Å²) in [6, 6.07) is 55.1. The fourth-order valence-electron chi connectivity index (χ4n) is 6.12. The van der Waals surface area contributed by atoms with Crippen molar-refractivity contribution in [2.75, 3.05) is 0 Å². The zero-order valence-corrected chi connectivity index (χ0v) is 26.7. The van der Waals surface area contributed by atoms with Gasteiger partial charge in [0.05, 0.1) is 15.9 Å². The van der Waals surface area contributed by atoms with E-state index in [2.05, 4.69) is 102 Å². The second kappa shape index (κ2) is 11.6. The molecule has 222 valence electrons. The SMILES string of the molecule is c1ccc(-c2nc(-c3ccccc3)nc(-c3ccc(-c4ccc(-c5ccc6c(c5)c5ccccc5n6-c5ccccc5)s4)s3)n2)cc1. The van der Waals surface area contributed by atoms with Crippen LogP contribution in [-0.2, 0) is 0 Å². The Morgan fingerprint density at radius 2 is 0.872 bits per heavy atom. The van der Waals surface area contributed by atoms with Gasteiger partial charge >= 0.3 is 0 Å². The lowest BCUT2D eigenvalue weighted by Crippen LogP contribution is -1.99. The summed E-state index contributed by atoms with van der Waals surface area (Å²) >= 11 is 3.53. The Kier molecular flexibility index (Phi) is 6.81. The van der Waals surface area contributed by atoms with Gasteiger partial charge in [-0.1, -0.05) is 103 Å². The first kappa shape index (κ1) is 27.6. The highest BCUT2D eigenvalue weighted by Crippen LogP contribution is 2.42. The number of benzene rings is 5. The first-order valence-corrected chi connectivity index (χ1v) is 17.1. The van der Waals surface area contributed by atoms with E-state index in [1.54, 1.807) is 11.3 Å². The van der Waals surface area contributed by atoms with Crippen molar-refractivity contribution in [3.8, 4) is 59.4 Å². The van der Waals surface area contributed by atoms with Crippen molar-refractivity contribution >= 4 is 44.5 Å². The summed E-state index contributed by atoms with van der Waals surface area (Å²) in [5.74, 6) is 2.03. The molecule has 5 aromatic carbocycles. The molecule has 0 spiro atoms. The minimum Gasteiger partial charge on any atom is -0.309 e. The standard InChI is InChI=1S/C41H26N4S2/c1-4-12-27(13-5-1)39-42-40(28-14-6-2-7-15-28)44-41(43-39)38-25-24-37(47-38)36-23-22-35(46-36)29-20-21-34-32(26-29)31-18-10-11-19-33(31)45(34)30-16-8-3-9-17-30/h1-26H. The van der Waals surface area contributed by atoms with E-state index < -0.39 is 0 Å². The quantitative estimate of drug-likeness (QED) is 0.182. The maximum absolute atomic E-state index is 4.93. The Balaban J connectivity index is 1.08. The normalized spacial score (nSPS) is 11.4. The third-order valence-electron chi connectivity index (χ3n) is 8.35. The van der Waals surface area contributed by atoms with Crippen LogP contribution >= 0.6 is 22.7 Å². The second-order valence-corrected chi connectivity index (χ2v) is 13.5. The smallest absolute Gasteiger partial charge is 0.174 e. The number of para-hydroxylation sites is 2. The van der Waals surface area contributed by atoms with Gasteiger partial charge in [0.2, 0.25) is 0 Å². The summed E-state index contributed by atoms with van der Waals surface area (Å²) in [6.45, 7) is 0. The van der Waals surface area contributed by atoms with Crippen molar-refractivity contribution in [1.29, 1.82) is 0 Å². The van der Waals surface area contributed by atoms with Gasteiger partial charge in [-0.2, -0.15) is 0 Å². The molecule has 0 amide bonds. The number of rotatable bonds is 6. The molecule has 9 aromatic rings. The van der Waals surface area contributed by atoms with Crippen molar-refractivity contribution in [1.82, 2.24) is 19.5 Å². The Morgan fingerprint density at radius 1 is 0.362 bits per heavy atom. The van der Waals surface area contributed by atoms with Crippen LogP contribution in [-0.4, -0.2) is 19.5 Å². The van der Waals surface area contributed by atoms with Gasteiger partial charge in [-0.3, -0.25) is 0 Å². The molecule has 0 N–H and O–H groups in total. The summed E-state index contributed by atoms with van der Waals surface area (Å²) in [5.41, 5.74) is 6.76. The van der Waals surface area contributed by atoms with Gasteiger partial charge in [0.15, 0.2) is 17.5 Å². The van der Waals surface area contributed by atoms with Crippen molar-refractivity contribution < 1.29 is 0 Å². The van der Waals surface area contributed by atoms with Crippen LogP contribution in [0.3, 0.4) is 0 Å². The zero-order chi connectivity index (χ0) is 31.2. The van der Waals surface area contributed by atoms with Crippen LogP contribution in [0, 0.1) is 0 Å². The minimum absolute atomic E-state index is 0.673. The molecule has 0 radical (unpaired) electrons. The van der Waals surface area contributed by atoms with Crippen LogP contribution in [0.5, 0.6) is 0 Å². The van der Waals surface area contributed by atoms with Gasteiger partial charge in [-0.25, -0.2) is 15.0 Å². The molecule has 9 rings (SSSR count). The lowest BCUT2D eigenvalue weighted by atomic mass is 10.1. The molecule has 6 heteroatoms. The molecule has 47 heavy (non-hydrogen) atoms. The highest BCUT2D eigenvalue weighted by Gasteiger charge is 2.17. The van der Waals surface area contributed by atoms with E-state index in [1.807, 2.05) is 72.0 Å². The Hall–Kier alpha value is -5.69. The zero-order valence-electron chi connectivity index (χ0n) is 25.1. The molecule has 0 aliphatic heterocycles. The molecule has 0 aliphatic rings. The first-order chi connectivity index (χ1) is 23.3. The molecule has 0 atom stereocenters. The second-order valence-electron chi connectivity index (χ2n) is 11.3. The lowest BCUT2D eigenvalue weighted by Gasteiger charge is -2.07.